The first-order valence-electron chi connectivity index (χ1n) is 6.61. The second kappa shape index (κ2) is 4.44. The maximum Gasteiger partial charge on any atom is 0.184 e. The number of ether oxygens (including phenoxy) is 3. The van der Waals surface area contributed by atoms with E-state index in [1.807, 2.05) is 24.3 Å². The van der Waals surface area contributed by atoms with Crippen LogP contribution in [0, 0.1) is 5.92 Å². The number of rotatable bonds is 2. The number of methoxy groups -OCH3 is 1. The first kappa shape index (κ1) is 12.1. The smallest absolute Gasteiger partial charge is 0.184 e. The van der Waals surface area contributed by atoms with Gasteiger partial charge in [-0.3, -0.25) is 0 Å². The lowest BCUT2D eigenvalue weighted by Crippen LogP contribution is -2.51. The minimum atomic E-state index is -0.762. The Morgan fingerprint density at radius 1 is 1.30 bits per heavy atom. The number of nitrogens with zero attached hydrogens (tertiary/aromatic N) is 1. The van der Waals surface area contributed by atoms with Gasteiger partial charge in [-0.15, -0.1) is 0 Å². The molecule has 6 heteroatoms. The maximum absolute atomic E-state index is 10.4. The Labute approximate surface area is 115 Å². The Balaban J connectivity index is 1.65. The van der Waals surface area contributed by atoms with Crippen LogP contribution >= 0.6 is 0 Å². The van der Waals surface area contributed by atoms with Crippen LogP contribution in [0.3, 0.4) is 0 Å². The molecule has 1 N–H and O–H groups in total. The molecular weight excluding hydrogens is 262 g/mol. The molecule has 2 bridgehead atoms. The molecule has 1 aromatic rings. The quantitative estimate of drug-likeness (QED) is 0.854. The van der Waals surface area contributed by atoms with Gasteiger partial charge in [-0.05, 0) is 24.3 Å². The summed E-state index contributed by atoms with van der Waals surface area (Å²) in [6.07, 6.45) is -1.78. The van der Waals surface area contributed by atoms with Gasteiger partial charge in [0.1, 0.15) is 18.0 Å². The Morgan fingerprint density at radius 3 is 2.85 bits per heavy atom. The highest BCUT2D eigenvalue weighted by atomic mass is 16.8. The fourth-order valence-electron chi connectivity index (χ4n) is 3.02. The molecule has 0 spiro atoms. The molecule has 2 saturated heterocycles. The van der Waals surface area contributed by atoms with Crippen molar-refractivity contribution >= 4 is 5.71 Å². The molecule has 0 amide bonds. The number of oxime groups is 1. The molecule has 4 rings (SSSR count). The van der Waals surface area contributed by atoms with Gasteiger partial charge in [-0.25, -0.2) is 0 Å². The lowest BCUT2D eigenvalue weighted by Gasteiger charge is -2.32. The lowest BCUT2D eigenvalue weighted by molar-refractivity contribution is -0.197. The van der Waals surface area contributed by atoms with Gasteiger partial charge in [0.25, 0.3) is 0 Å². The molecule has 3 aliphatic heterocycles. The maximum atomic E-state index is 10.4. The van der Waals surface area contributed by atoms with Crippen molar-refractivity contribution in [3.8, 4) is 5.75 Å². The summed E-state index contributed by atoms with van der Waals surface area (Å²) in [6.45, 7) is 0.439. The van der Waals surface area contributed by atoms with E-state index < -0.39 is 12.4 Å². The molecule has 2 fully saturated rings. The van der Waals surface area contributed by atoms with Gasteiger partial charge in [0, 0.05) is 5.56 Å². The summed E-state index contributed by atoms with van der Waals surface area (Å²) in [5, 5.41) is 14.5. The summed E-state index contributed by atoms with van der Waals surface area (Å²) in [5.74, 6) is 0.565. The van der Waals surface area contributed by atoms with Crippen molar-refractivity contribution < 1.29 is 24.2 Å². The van der Waals surface area contributed by atoms with Crippen LogP contribution in [0.2, 0.25) is 0 Å². The molecule has 0 aliphatic carbocycles. The van der Waals surface area contributed by atoms with Crippen molar-refractivity contribution in [2.24, 2.45) is 11.1 Å². The number of aliphatic hydroxyl groups is 1. The zero-order valence-corrected chi connectivity index (χ0v) is 10.9. The van der Waals surface area contributed by atoms with Crippen molar-refractivity contribution in [2.75, 3.05) is 13.7 Å². The van der Waals surface area contributed by atoms with Gasteiger partial charge in [-0.1, -0.05) is 5.16 Å². The Morgan fingerprint density at radius 2 is 2.10 bits per heavy atom. The summed E-state index contributed by atoms with van der Waals surface area (Å²) in [7, 11) is 1.62. The van der Waals surface area contributed by atoms with Crippen molar-refractivity contribution in [1.29, 1.82) is 0 Å². The predicted octanol–water partition coefficient (Wildman–Crippen LogP) is 0.530. The highest BCUT2D eigenvalue weighted by Crippen LogP contribution is 2.39. The number of fused-ring (bicyclic) bond motifs is 4. The molecule has 1 aromatic carbocycles. The van der Waals surface area contributed by atoms with Gasteiger partial charge in [0.05, 0.1) is 25.3 Å². The summed E-state index contributed by atoms with van der Waals surface area (Å²) in [6, 6.07) is 7.55. The zero-order valence-electron chi connectivity index (χ0n) is 10.9. The van der Waals surface area contributed by atoms with Gasteiger partial charge in [0.15, 0.2) is 12.4 Å². The molecule has 0 saturated carbocycles. The van der Waals surface area contributed by atoms with E-state index >= 15 is 0 Å². The monoisotopic (exact) mass is 277 g/mol. The van der Waals surface area contributed by atoms with E-state index in [2.05, 4.69) is 5.16 Å². The Bertz CT molecular complexity index is 543. The highest BCUT2D eigenvalue weighted by Gasteiger charge is 2.56. The fourth-order valence-corrected chi connectivity index (χ4v) is 3.02. The Kier molecular flexibility index (Phi) is 2.70. The average Bonchev–Trinajstić information content (AvgIpc) is 3.11. The van der Waals surface area contributed by atoms with Crippen LogP contribution in [0.1, 0.15) is 5.56 Å². The molecule has 3 aliphatic rings. The van der Waals surface area contributed by atoms with Crippen LogP contribution in [-0.2, 0) is 14.3 Å². The molecule has 0 aromatic heterocycles. The largest absolute Gasteiger partial charge is 0.497 e. The minimum Gasteiger partial charge on any atom is -0.497 e. The number of hydrogen-bond acceptors (Lipinski definition) is 6. The van der Waals surface area contributed by atoms with Gasteiger partial charge >= 0.3 is 0 Å². The van der Waals surface area contributed by atoms with Crippen LogP contribution in [0.5, 0.6) is 5.75 Å². The fraction of sp³-hybridized carbons (Fsp3) is 0.500. The van der Waals surface area contributed by atoms with Crippen LogP contribution < -0.4 is 4.74 Å². The third-order valence-corrected chi connectivity index (χ3v) is 4.08. The van der Waals surface area contributed by atoms with E-state index in [0.717, 1.165) is 17.0 Å². The van der Waals surface area contributed by atoms with Crippen molar-refractivity contribution in [3.63, 3.8) is 0 Å². The molecule has 6 nitrogen and oxygen atoms in total. The standard InChI is InChI=1S/C14H15NO5/c1-17-8-4-2-7(3-5-8)11-10-12(16)14-18-6-9(19-14)13(10)20-15-11/h2-5,9-10,12-14,16H,6H2,1H3/t9?,10?,12?,13-,14+/m0/s1. The molecule has 20 heavy (non-hydrogen) atoms. The van der Waals surface area contributed by atoms with E-state index in [4.69, 9.17) is 19.0 Å². The van der Waals surface area contributed by atoms with E-state index in [-0.39, 0.29) is 18.1 Å². The van der Waals surface area contributed by atoms with Crippen molar-refractivity contribution in [3.05, 3.63) is 29.8 Å². The third-order valence-electron chi connectivity index (χ3n) is 4.08. The highest BCUT2D eigenvalue weighted by molar-refractivity contribution is 6.03. The van der Waals surface area contributed by atoms with Crippen molar-refractivity contribution in [2.45, 2.75) is 24.6 Å². The van der Waals surface area contributed by atoms with Crippen LogP contribution in [0.25, 0.3) is 0 Å². The second-order valence-electron chi connectivity index (χ2n) is 5.17. The van der Waals surface area contributed by atoms with Crippen LogP contribution in [-0.4, -0.2) is 49.1 Å². The minimum absolute atomic E-state index is 0.159. The molecular formula is C14H15NO5. The molecule has 106 valence electrons. The van der Waals surface area contributed by atoms with E-state index in [1.54, 1.807) is 7.11 Å². The topological polar surface area (TPSA) is 69.5 Å². The number of hydrogen-bond donors (Lipinski definition) is 1. The van der Waals surface area contributed by atoms with Crippen molar-refractivity contribution in [1.82, 2.24) is 0 Å². The zero-order chi connectivity index (χ0) is 13.7. The molecule has 3 heterocycles. The first-order chi connectivity index (χ1) is 9.78. The van der Waals surface area contributed by atoms with E-state index in [9.17, 15) is 5.11 Å². The Hall–Kier alpha value is -1.63. The molecule has 3 unspecified atom stereocenters. The van der Waals surface area contributed by atoms with E-state index in [0.29, 0.717) is 6.61 Å². The van der Waals surface area contributed by atoms with Crippen LogP contribution in [0.4, 0.5) is 0 Å². The first-order valence-corrected chi connectivity index (χ1v) is 6.61. The summed E-state index contributed by atoms with van der Waals surface area (Å²) < 4.78 is 16.1. The molecule has 5 atom stereocenters. The third kappa shape index (κ3) is 1.65. The lowest BCUT2D eigenvalue weighted by atomic mass is 9.84. The van der Waals surface area contributed by atoms with Gasteiger partial charge in [0.2, 0.25) is 0 Å². The molecule has 0 radical (unpaired) electrons. The average molecular weight is 277 g/mol. The van der Waals surface area contributed by atoms with E-state index in [1.165, 1.54) is 0 Å². The SMILES string of the molecule is COc1ccc(C2=NO[C@H]3C4CO[C@H](O4)C(O)C23)cc1. The van der Waals surface area contributed by atoms with Crippen LogP contribution in [0.15, 0.2) is 29.4 Å². The summed E-state index contributed by atoms with van der Waals surface area (Å²) in [5.41, 5.74) is 1.66. The predicted molar refractivity (Wildman–Crippen MR) is 68.5 cm³/mol. The summed E-state index contributed by atoms with van der Waals surface area (Å²) in [4.78, 5) is 5.47. The van der Waals surface area contributed by atoms with Gasteiger partial charge in [-0.2, -0.15) is 0 Å². The second-order valence-corrected chi connectivity index (χ2v) is 5.17. The number of aliphatic hydroxyl groups excluding tert-OH is 1. The normalized spacial score (nSPS) is 38.1. The number of benzene rings is 1. The summed E-state index contributed by atoms with van der Waals surface area (Å²) >= 11 is 0. The van der Waals surface area contributed by atoms with Gasteiger partial charge < -0.3 is 24.2 Å².